The van der Waals surface area contributed by atoms with Crippen LogP contribution in [-0.2, 0) is 27.9 Å². The molecule has 0 aromatic carbocycles. The summed E-state index contributed by atoms with van der Waals surface area (Å²) < 4.78 is 33.7. The fourth-order valence-corrected chi connectivity index (χ4v) is 4.96. The highest BCUT2D eigenvalue weighted by Gasteiger charge is 2.41. The van der Waals surface area contributed by atoms with Crippen molar-refractivity contribution in [2.24, 2.45) is 16.1 Å². The first-order valence-corrected chi connectivity index (χ1v) is 14.4. The number of carbonyl (C=O) groups is 1. The molecule has 2 aliphatic heterocycles. The number of phosphoric acid groups is 1. The number of nitrogens with zero attached hydrogens (tertiary/aromatic N) is 3. The van der Waals surface area contributed by atoms with Crippen LogP contribution in [0.4, 0.5) is 0 Å². The van der Waals surface area contributed by atoms with Gasteiger partial charge in [0.15, 0.2) is 0 Å². The Bertz CT molecular complexity index is 1330. The molecule has 2 unspecified atom stereocenters. The summed E-state index contributed by atoms with van der Waals surface area (Å²) in [5, 5.41) is 11.1. The molecule has 14 nitrogen and oxygen atoms in total. The van der Waals surface area contributed by atoms with Gasteiger partial charge in [0.2, 0.25) is 5.91 Å². The monoisotopic (exact) mass is 581 g/mol. The van der Waals surface area contributed by atoms with Crippen molar-refractivity contribution >= 4 is 13.7 Å². The van der Waals surface area contributed by atoms with E-state index in [4.69, 9.17) is 14.0 Å². The maximum Gasteiger partial charge on any atom is 0.472 e. The minimum absolute atomic E-state index is 0.0260. The summed E-state index contributed by atoms with van der Waals surface area (Å²) in [6.07, 6.45) is 4.05. The van der Waals surface area contributed by atoms with Crippen molar-refractivity contribution in [3.05, 3.63) is 44.4 Å². The molecule has 3 heterocycles. The average molecular weight is 582 g/mol. The number of H-pyrrole nitrogens is 1. The normalized spacial score (nSPS) is 24.2. The largest absolute Gasteiger partial charge is 0.472 e. The zero-order chi connectivity index (χ0) is 29.3. The molecular formula is C25H36N5O9P. The Balaban J connectivity index is 1.57. The lowest BCUT2D eigenvalue weighted by Gasteiger charge is -2.19. The van der Waals surface area contributed by atoms with E-state index in [-0.39, 0.29) is 36.5 Å². The van der Waals surface area contributed by atoms with Gasteiger partial charge in [-0.1, -0.05) is 18.8 Å². The molecule has 0 spiro atoms. The van der Waals surface area contributed by atoms with Crippen LogP contribution in [-0.4, -0.2) is 66.5 Å². The van der Waals surface area contributed by atoms with E-state index in [1.165, 1.54) is 17.9 Å². The molecule has 40 heavy (non-hydrogen) atoms. The van der Waals surface area contributed by atoms with E-state index in [1.54, 1.807) is 7.05 Å². The Morgan fingerprint density at radius 3 is 2.85 bits per heavy atom. The van der Waals surface area contributed by atoms with Crippen molar-refractivity contribution in [2.75, 3.05) is 27.9 Å². The van der Waals surface area contributed by atoms with Gasteiger partial charge in [-0.2, -0.15) is 10.2 Å². The SMILES string of the molecule is CNC(=O)C[C@@H](C)C1C=C(CCCCC#Cc2cn([C@H]3C[C@@H](OP(=O)(O)OC)[C@@H](COC)O3)c(=O)[nH]c2=O)N=N1. The van der Waals surface area contributed by atoms with Gasteiger partial charge in [-0.25, -0.2) is 9.36 Å². The third-order valence-electron chi connectivity index (χ3n) is 6.55. The number of aromatic nitrogens is 2. The standard InChI is InChI=1S/C25H36N5O9P/c1-16(11-22(31)26-2)19-12-18(28-29-19)10-8-6-5-7-9-17-14-30(25(33)27-24(17)32)23-13-20(21(38-23)15-36-3)39-40(34,35)37-4/h12,14,16,19-21,23H,5-6,8,10-11,13,15H2,1-4H3,(H,26,31)(H,34,35)(H,27,32,33)/t16-,19?,20-,21-,23-/m1/s1. The molecule has 1 aromatic heterocycles. The van der Waals surface area contributed by atoms with Gasteiger partial charge in [-0.05, 0) is 31.3 Å². The molecule has 6 atom stereocenters. The molecule has 3 rings (SSSR count). The lowest BCUT2D eigenvalue weighted by Crippen LogP contribution is -2.33. The third-order valence-corrected chi connectivity index (χ3v) is 7.55. The van der Waals surface area contributed by atoms with Crippen molar-refractivity contribution in [2.45, 2.75) is 69.9 Å². The van der Waals surface area contributed by atoms with Crippen LogP contribution in [0.2, 0.25) is 0 Å². The first-order chi connectivity index (χ1) is 19.1. The predicted molar refractivity (Wildman–Crippen MR) is 143 cm³/mol. The van der Waals surface area contributed by atoms with Crippen LogP contribution in [0, 0.1) is 17.8 Å². The minimum Gasteiger partial charge on any atom is -0.382 e. The summed E-state index contributed by atoms with van der Waals surface area (Å²) in [6.45, 7) is 2.01. The quantitative estimate of drug-likeness (QED) is 0.178. The van der Waals surface area contributed by atoms with Crippen LogP contribution < -0.4 is 16.6 Å². The Hall–Kier alpha value is -2.92. The van der Waals surface area contributed by atoms with Gasteiger partial charge in [0.1, 0.15) is 24.0 Å². The molecule has 1 aromatic rings. The number of azo groups is 1. The zero-order valence-corrected chi connectivity index (χ0v) is 23.9. The maximum atomic E-state index is 12.5. The van der Waals surface area contributed by atoms with Crippen molar-refractivity contribution in [1.29, 1.82) is 0 Å². The summed E-state index contributed by atoms with van der Waals surface area (Å²) in [7, 11) is -0.222. The number of methoxy groups -OCH3 is 1. The molecule has 2 aliphatic rings. The number of hydrogen-bond acceptors (Lipinski definition) is 10. The molecule has 3 N–H and O–H groups in total. The number of nitrogens with one attached hydrogen (secondary N) is 2. The molecule has 1 fully saturated rings. The zero-order valence-electron chi connectivity index (χ0n) is 23.0. The average Bonchev–Trinajstić information content (AvgIpc) is 3.54. The number of carbonyl (C=O) groups excluding carboxylic acids is 1. The highest BCUT2D eigenvalue weighted by Crippen LogP contribution is 2.47. The summed E-state index contributed by atoms with van der Waals surface area (Å²) in [6, 6.07) is -0.0990. The number of allylic oxidation sites excluding steroid dienone is 1. The van der Waals surface area contributed by atoms with E-state index in [2.05, 4.69) is 36.9 Å². The number of rotatable bonds is 13. The lowest BCUT2D eigenvalue weighted by atomic mass is 9.97. The molecule has 0 radical (unpaired) electrons. The number of amides is 1. The fraction of sp³-hybridized carbons (Fsp3) is 0.640. The Kier molecular flexibility index (Phi) is 11.6. The molecule has 1 saturated heterocycles. The minimum atomic E-state index is -4.31. The summed E-state index contributed by atoms with van der Waals surface area (Å²) >= 11 is 0. The first kappa shape index (κ1) is 31.6. The first-order valence-electron chi connectivity index (χ1n) is 12.9. The Labute approximate surface area is 231 Å². The highest BCUT2D eigenvalue weighted by molar-refractivity contribution is 7.47. The van der Waals surface area contributed by atoms with Gasteiger partial charge in [-0.3, -0.25) is 28.2 Å². The van der Waals surface area contributed by atoms with E-state index in [9.17, 15) is 23.8 Å². The molecular weight excluding hydrogens is 545 g/mol. The number of unbranched alkanes of at least 4 members (excludes halogenated alkanes) is 2. The Morgan fingerprint density at radius 1 is 1.38 bits per heavy atom. The number of ether oxygens (including phenoxy) is 2. The van der Waals surface area contributed by atoms with Crippen molar-refractivity contribution in [3.8, 4) is 11.8 Å². The molecule has 0 aliphatic carbocycles. The van der Waals surface area contributed by atoms with Gasteiger partial charge < -0.3 is 19.7 Å². The lowest BCUT2D eigenvalue weighted by molar-refractivity contribution is -0.121. The van der Waals surface area contributed by atoms with E-state index in [1.807, 2.05) is 13.0 Å². The van der Waals surface area contributed by atoms with Gasteiger partial charge in [0.05, 0.1) is 18.3 Å². The van der Waals surface area contributed by atoms with Crippen LogP contribution in [0.5, 0.6) is 0 Å². The van der Waals surface area contributed by atoms with Crippen LogP contribution in [0.1, 0.15) is 57.2 Å². The fourth-order valence-electron chi connectivity index (χ4n) is 4.31. The number of aromatic amines is 1. The topological polar surface area (TPSA) is 183 Å². The molecule has 1 amide bonds. The molecule has 0 bridgehead atoms. The summed E-state index contributed by atoms with van der Waals surface area (Å²) in [4.78, 5) is 48.3. The Morgan fingerprint density at radius 2 is 2.15 bits per heavy atom. The van der Waals surface area contributed by atoms with Crippen LogP contribution >= 0.6 is 7.82 Å². The van der Waals surface area contributed by atoms with Gasteiger partial charge in [0.25, 0.3) is 5.56 Å². The van der Waals surface area contributed by atoms with Gasteiger partial charge >= 0.3 is 13.5 Å². The van der Waals surface area contributed by atoms with E-state index < -0.39 is 37.5 Å². The van der Waals surface area contributed by atoms with Crippen molar-refractivity contribution < 1.29 is 32.8 Å². The van der Waals surface area contributed by atoms with Crippen molar-refractivity contribution in [3.63, 3.8) is 0 Å². The second-order valence-electron chi connectivity index (χ2n) is 9.55. The third kappa shape index (κ3) is 8.79. The molecule has 15 heteroatoms. The molecule has 220 valence electrons. The summed E-state index contributed by atoms with van der Waals surface area (Å²) in [5.74, 6) is 5.81. The van der Waals surface area contributed by atoms with Crippen LogP contribution in [0.15, 0.2) is 37.8 Å². The maximum absolute atomic E-state index is 12.5. The van der Waals surface area contributed by atoms with Gasteiger partial charge in [-0.15, -0.1) is 0 Å². The van der Waals surface area contributed by atoms with Crippen LogP contribution in [0.3, 0.4) is 0 Å². The van der Waals surface area contributed by atoms with Crippen molar-refractivity contribution in [1.82, 2.24) is 14.9 Å². The van der Waals surface area contributed by atoms with Gasteiger partial charge in [0, 0.05) is 46.7 Å². The van der Waals surface area contributed by atoms with E-state index in [0.717, 1.165) is 32.1 Å². The van der Waals surface area contributed by atoms with Crippen LogP contribution in [0.25, 0.3) is 0 Å². The second kappa shape index (κ2) is 14.6. The second-order valence-corrected chi connectivity index (χ2v) is 11.1. The number of hydrogen-bond donors (Lipinski definition) is 3. The molecule has 0 saturated carbocycles. The summed E-state index contributed by atoms with van der Waals surface area (Å²) in [5.41, 5.74) is -0.362. The smallest absolute Gasteiger partial charge is 0.382 e. The predicted octanol–water partition coefficient (Wildman–Crippen LogP) is 2.00. The highest BCUT2D eigenvalue weighted by atomic mass is 31.2. The number of phosphoric ester groups is 1. The van der Waals surface area contributed by atoms with E-state index >= 15 is 0 Å². The van der Waals surface area contributed by atoms with E-state index in [0.29, 0.717) is 12.8 Å².